The van der Waals surface area contributed by atoms with E-state index in [1.165, 1.54) is 6.08 Å². The first-order chi connectivity index (χ1) is 22.4. The molecule has 1 amide bonds. The van der Waals surface area contributed by atoms with Crippen molar-refractivity contribution in [1.29, 1.82) is 0 Å². The molecule has 0 fully saturated rings. The van der Waals surface area contributed by atoms with Crippen LogP contribution in [0, 0.1) is 0 Å². The molecule has 244 valence electrons. The molecule has 9 heteroatoms. The topological polar surface area (TPSA) is 91.7 Å². The van der Waals surface area contributed by atoms with Crippen LogP contribution < -0.4 is 14.8 Å². The average Bonchev–Trinajstić information content (AvgIpc) is 3.49. The highest BCUT2D eigenvalue weighted by Gasteiger charge is 2.11. The molecule has 46 heavy (non-hydrogen) atoms. The van der Waals surface area contributed by atoms with Gasteiger partial charge in [0.15, 0.2) is 0 Å². The summed E-state index contributed by atoms with van der Waals surface area (Å²) in [4.78, 5) is 17.8. The second kappa shape index (κ2) is 18.1. The van der Waals surface area contributed by atoms with Crippen LogP contribution in [0.3, 0.4) is 0 Å². The molecule has 0 aliphatic rings. The van der Waals surface area contributed by atoms with Crippen molar-refractivity contribution < 1.29 is 23.2 Å². The van der Waals surface area contributed by atoms with E-state index < -0.39 is 10.8 Å². The fourth-order valence-electron chi connectivity index (χ4n) is 4.70. The molecule has 4 rings (SSSR count). The molecule has 3 aromatic carbocycles. The Hall–Kier alpha value is -4.21. The number of carbonyl (C=O) groups is 1. The van der Waals surface area contributed by atoms with E-state index in [1.54, 1.807) is 42.9 Å². The highest BCUT2D eigenvalue weighted by atomic mass is 32.2. The SMILES string of the molecule is CCCCOCCOc1ccc(-c2ccc(OC(C)C)c(/C=C/C(=O)Nc3ccc([S@](=O)Cc4cncn4CCC)cc3)c2)cc1. The van der Waals surface area contributed by atoms with Gasteiger partial charge in [0.25, 0.3) is 0 Å². The van der Waals surface area contributed by atoms with E-state index >= 15 is 0 Å². The van der Waals surface area contributed by atoms with Gasteiger partial charge in [-0.25, -0.2) is 4.98 Å². The van der Waals surface area contributed by atoms with Gasteiger partial charge in [-0.3, -0.25) is 9.00 Å². The molecule has 0 unspecified atom stereocenters. The largest absolute Gasteiger partial charge is 0.491 e. The van der Waals surface area contributed by atoms with E-state index in [2.05, 4.69) is 24.1 Å². The standard InChI is InChI=1S/C37H45N3O5S/c1-5-7-21-43-22-23-44-34-14-8-29(9-15-34)30-10-18-36(45-28(3)4)31(24-30)11-19-37(41)39-32-12-16-35(17-13-32)46(42)26-33-25-38-27-40(33)20-6-2/h8-19,24-25,27-28H,5-7,20-23,26H2,1-4H3,(H,39,41)/b19-11+/t46-/m1/s1. The smallest absolute Gasteiger partial charge is 0.248 e. The highest BCUT2D eigenvalue weighted by Crippen LogP contribution is 2.30. The van der Waals surface area contributed by atoms with Crippen LogP contribution in [0.1, 0.15) is 58.2 Å². The van der Waals surface area contributed by atoms with Gasteiger partial charge in [0.2, 0.25) is 5.91 Å². The van der Waals surface area contributed by atoms with Crippen LogP contribution in [0.4, 0.5) is 5.69 Å². The first-order valence-corrected chi connectivity index (χ1v) is 17.3. The van der Waals surface area contributed by atoms with E-state index in [0.717, 1.165) is 60.5 Å². The lowest BCUT2D eigenvalue weighted by Gasteiger charge is -2.14. The molecule has 0 spiro atoms. The molecule has 0 saturated heterocycles. The molecule has 0 aliphatic carbocycles. The van der Waals surface area contributed by atoms with Gasteiger partial charge >= 0.3 is 0 Å². The third kappa shape index (κ3) is 10.7. The van der Waals surface area contributed by atoms with E-state index in [-0.39, 0.29) is 12.0 Å². The Labute approximate surface area is 275 Å². The summed E-state index contributed by atoms with van der Waals surface area (Å²) in [6, 6.07) is 21.0. The number of rotatable bonds is 18. The third-order valence-electron chi connectivity index (χ3n) is 7.04. The number of hydrogen-bond acceptors (Lipinski definition) is 6. The summed E-state index contributed by atoms with van der Waals surface area (Å²) in [7, 11) is -1.22. The molecule has 0 saturated carbocycles. The van der Waals surface area contributed by atoms with Gasteiger partial charge in [0.05, 0.1) is 41.3 Å². The van der Waals surface area contributed by atoms with Crippen molar-refractivity contribution in [2.45, 2.75) is 70.3 Å². The molecule has 1 N–H and O–H groups in total. The molecule has 4 aromatic rings. The summed E-state index contributed by atoms with van der Waals surface area (Å²) >= 11 is 0. The number of nitrogens with one attached hydrogen (secondary N) is 1. The van der Waals surface area contributed by atoms with Crippen molar-refractivity contribution >= 4 is 28.5 Å². The summed E-state index contributed by atoms with van der Waals surface area (Å²) in [6.45, 7) is 10.9. The molecule has 1 heterocycles. The van der Waals surface area contributed by atoms with Crippen molar-refractivity contribution in [3.8, 4) is 22.6 Å². The Kier molecular flexibility index (Phi) is 13.6. The Bertz CT molecular complexity index is 1580. The Morgan fingerprint density at radius 3 is 2.43 bits per heavy atom. The quantitative estimate of drug-likeness (QED) is 0.0876. The Balaban J connectivity index is 1.38. The molecule has 0 aliphatic heterocycles. The summed E-state index contributed by atoms with van der Waals surface area (Å²) < 4.78 is 32.4. The van der Waals surface area contributed by atoms with Gasteiger partial charge in [-0.05, 0) is 92.4 Å². The molecule has 1 aromatic heterocycles. The third-order valence-corrected chi connectivity index (χ3v) is 8.40. The maximum atomic E-state index is 12.9. The van der Waals surface area contributed by atoms with Crippen LogP contribution in [0.5, 0.6) is 11.5 Å². The lowest BCUT2D eigenvalue weighted by molar-refractivity contribution is -0.111. The summed E-state index contributed by atoms with van der Waals surface area (Å²) in [5, 5.41) is 2.89. The summed E-state index contributed by atoms with van der Waals surface area (Å²) in [6.07, 6.45) is 9.93. The number of hydrogen-bond donors (Lipinski definition) is 1. The zero-order valence-corrected chi connectivity index (χ0v) is 28.1. The fourth-order valence-corrected chi connectivity index (χ4v) is 5.81. The minimum Gasteiger partial charge on any atom is -0.491 e. The number of aryl methyl sites for hydroxylation is 1. The zero-order valence-electron chi connectivity index (χ0n) is 27.2. The molecule has 0 bridgehead atoms. The summed E-state index contributed by atoms with van der Waals surface area (Å²) in [5.74, 6) is 1.59. The number of amides is 1. The van der Waals surface area contributed by atoms with Crippen molar-refractivity contribution in [2.75, 3.05) is 25.1 Å². The van der Waals surface area contributed by atoms with Crippen LogP contribution in [0.2, 0.25) is 0 Å². The lowest BCUT2D eigenvalue weighted by atomic mass is 10.0. The van der Waals surface area contributed by atoms with Crippen LogP contribution in [-0.2, 0) is 32.6 Å². The number of aromatic nitrogens is 2. The maximum Gasteiger partial charge on any atom is 0.248 e. The van der Waals surface area contributed by atoms with E-state index in [4.69, 9.17) is 14.2 Å². The summed E-state index contributed by atoms with van der Waals surface area (Å²) in [5.41, 5.74) is 4.37. The molecule has 1 atom stereocenters. The van der Waals surface area contributed by atoms with E-state index in [1.807, 2.05) is 60.9 Å². The molecular weight excluding hydrogens is 598 g/mol. The molecule has 0 radical (unpaired) electrons. The van der Waals surface area contributed by atoms with Gasteiger partial charge < -0.3 is 24.1 Å². The monoisotopic (exact) mass is 643 g/mol. The van der Waals surface area contributed by atoms with E-state index in [9.17, 15) is 9.00 Å². The maximum absolute atomic E-state index is 12.9. The number of anilines is 1. The van der Waals surface area contributed by atoms with E-state index in [0.29, 0.717) is 35.3 Å². The first-order valence-electron chi connectivity index (χ1n) is 15.9. The minimum atomic E-state index is -1.22. The van der Waals surface area contributed by atoms with Crippen LogP contribution >= 0.6 is 0 Å². The van der Waals surface area contributed by atoms with Crippen molar-refractivity contribution in [2.24, 2.45) is 0 Å². The normalized spacial score (nSPS) is 12.0. The second-order valence-electron chi connectivity index (χ2n) is 11.2. The van der Waals surface area contributed by atoms with Gasteiger partial charge in [0.1, 0.15) is 18.1 Å². The average molecular weight is 644 g/mol. The van der Waals surface area contributed by atoms with Crippen LogP contribution in [0.25, 0.3) is 17.2 Å². The van der Waals surface area contributed by atoms with Crippen LogP contribution in [-0.4, -0.2) is 45.6 Å². The predicted octanol–water partition coefficient (Wildman–Crippen LogP) is 7.90. The van der Waals surface area contributed by atoms with Crippen molar-refractivity contribution in [3.05, 3.63) is 96.6 Å². The number of nitrogens with zero attached hydrogens (tertiary/aromatic N) is 2. The van der Waals surface area contributed by atoms with Gasteiger partial charge in [-0.15, -0.1) is 0 Å². The van der Waals surface area contributed by atoms with Crippen molar-refractivity contribution in [3.63, 3.8) is 0 Å². The minimum absolute atomic E-state index is 0.0227. The molecule has 8 nitrogen and oxygen atoms in total. The molecular formula is C37H45N3O5S. The number of carbonyl (C=O) groups excluding carboxylic acids is 1. The zero-order chi connectivity index (χ0) is 32.7. The predicted molar refractivity (Wildman–Crippen MR) is 186 cm³/mol. The van der Waals surface area contributed by atoms with Gasteiger partial charge in [-0.2, -0.15) is 0 Å². The number of unbranched alkanes of at least 4 members (excludes halogenated alkanes) is 1. The van der Waals surface area contributed by atoms with Gasteiger partial charge in [-0.1, -0.05) is 38.5 Å². The Morgan fingerprint density at radius 2 is 1.72 bits per heavy atom. The highest BCUT2D eigenvalue weighted by molar-refractivity contribution is 7.84. The van der Waals surface area contributed by atoms with Crippen molar-refractivity contribution in [1.82, 2.24) is 9.55 Å². The number of benzene rings is 3. The first kappa shape index (κ1) is 34.7. The van der Waals surface area contributed by atoms with Gasteiger partial charge in [0, 0.05) is 41.6 Å². The second-order valence-corrected chi connectivity index (χ2v) is 12.6. The lowest BCUT2D eigenvalue weighted by Crippen LogP contribution is -2.09. The number of ether oxygens (including phenoxy) is 3. The fraction of sp³-hybridized carbons (Fsp3) is 0.351. The Morgan fingerprint density at radius 1 is 0.957 bits per heavy atom. The number of imidazole rings is 1. The van der Waals surface area contributed by atoms with Crippen LogP contribution in [0.15, 0.2) is 90.2 Å².